The van der Waals surface area contributed by atoms with Gasteiger partial charge in [0.2, 0.25) is 5.82 Å². The Morgan fingerprint density at radius 1 is 1.35 bits per heavy atom. The van der Waals surface area contributed by atoms with E-state index in [9.17, 15) is 9.18 Å². The third kappa shape index (κ3) is 3.02. The Kier molecular flexibility index (Phi) is 4.49. The lowest BCUT2D eigenvalue weighted by atomic mass is 10.3. The van der Waals surface area contributed by atoms with Crippen LogP contribution in [-0.2, 0) is 0 Å². The average Bonchev–Trinajstić information content (AvgIpc) is 3.14. The second-order valence-electron chi connectivity index (χ2n) is 4.47. The molecule has 0 atom stereocenters. The van der Waals surface area contributed by atoms with Crippen LogP contribution in [0.5, 0.6) is 0 Å². The highest BCUT2D eigenvalue weighted by Gasteiger charge is 2.23. The predicted molar refractivity (Wildman–Crippen MR) is 81.4 cm³/mol. The number of hydrogen-bond donors (Lipinski definition) is 0. The van der Waals surface area contributed by atoms with Crippen molar-refractivity contribution in [3.05, 3.63) is 39.6 Å². The molecule has 0 unspecified atom stereocenters. The molecule has 1 aromatic carbocycles. The summed E-state index contributed by atoms with van der Waals surface area (Å²) in [4.78, 5) is 12.0. The summed E-state index contributed by atoms with van der Waals surface area (Å²) in [7, 11) is 0. The normalized spacial score (nSPS) is 11.1. The maximum absolute atomic E-state index is 13.3. The van der Waals surface area contributed by atoms with E-state index >= 15 is 0 Å². The summed E-state index contributed by atoms with van der Waals surface area (Å²) in [5.41, 5.74) is 0.571. The highest BCUT2D eigenvalue weighted by Crippen LogP contribution is 2.29. The van der Waals surface area contributed by atoms with E-state index in [1.807, 2.05) is 6.92 Å². The molecule has 3 aromatic rings. The zero-order valence-electron chi connectivity index (χ0n) is 11.8. The second-order valence-corrected chi connectivity index (χ2v) is 5.96. The molecule has 7 nitrogen and oxygen atoms in total. The van der Waals surface area contributed by atoms with Gasteiger partial charge < -0.3 is 0 Å². The number of halogens is 2. The summed E-state index contributed by atoms with van der Waals surface area (Å²) in [5, 5.41) is 11.7. The Hall–Kier alpha value is -2.13. The fraction of sp³-hybridized carbons (Fsp3) is 0.231. The summed E-state index contributed by atoms with van der Waals surface area (Å²) in [6, 6.07) is 3.83. The van der Waals surface area contributed by atoms with E-state index in [0.29, 0.717) is 10.7 Å². The number of nitrogens with zero attached hydrogens (tertiary/aromatic N) is 4. The lowest BCUT2D eigenvalue weighted by Crippen LogP contribution is -2.13. The fourth-order valence-electron chi connectivity index (χ4n) is 1.86. The highest BCUT2D eigenvalue weighted by molar-refractivity contribution is 7.99. The van der Waals surface area contributed by atoms with Gasteiger partial charge in [-0.2, -0.15) is 0 Å². The minimum Gasteiger partial charge on any atom is -0.295 e. The van der Waals surface area contributed by atoms with Crippen molar-refractivity contribution in [2.45, 2.75) is 18.4 Å². The third-order valence-corrected chi connectivity index (χ3v) is 4.32. The molecule has 0 radical (unpaired) electrons. The van der Waals surface area contributed by atoms with E-state index in [1.165, 1.54) is 23.9 Å². The summed E-state index contributed by atoms with van der Waals surface area (Å²) in [6.45, 7) is 2.02. The van der Waals surface area contributed by atoms with Crippen LogP contribution in [-0.4, -0.2) is 25.8 Å². The molecule has 0 N–H and O–H groups in total. The van der Waals surface area contributed by atoms with Crippen LogP contribution in [0.4, 0.5) is 4.39 Å². The molecule has 3 rings (SSSR count). The molecule has 0 bridgehead atoms. The average molecular weight is 357 g/mol. The molecule has 0 aliphatic carbocycles. The van der Waals surface area contributed by atoms with Gasteiger partial charge in [0, 0.05) is 0 Å². The molecular formula is C13H10ClFN4O3S. The van der Waals surface area contributed by atoms with E-state index in [-0.39, 0.29) is 16.5 Å². The zero-order valence-corrected chi connectivity index (χ0v) is 13.4. The van der Waals surface area contributed by atoms with Crippen molar-refractivity contribution in [1.82, 2.24) is 20.0 Å². The topological polar surface area (TPSA) is 87.0 Å². The second kappa shape index (κ2) is 6.55. The van der Waals surface area contributed by atoms with Crippen molar-refractivity contribution < 1.29 is 13.5 Å². The zero-order chi connectivity index (χ0) is 16.4. The summed E-state index contributed by atoms with van der Waals surface area (Å²) < 4.78 is 23.9. The van der Waals surface area contributed by atoms with E-state index in [4.69, 9.17) is 20.8 Å². The van der Waals surface area contributed by atoms with Gasteiger partial charge in [0.15, 0.2) is 10.7 Å². The van der Waals surface area contributed by atoms with Gasteiger partial charge in [-0.15, -0.1) is 11.8 Å². The van der Waals surface area contributed by atoms with Gasteiger partial charge in [-0.3, -0.25) is 4.52 Å². The number of benzene rings is 1. The van der Waals surface area contributed by atoms with Gasteiger partial charge in [0.05, 0.1) is 10.7 Å². The molecule has 0 spiro atoms. The Morgan fingerprint density at radius 2 is 2.17 bits per heavy atom. The monoisotopic (exact) mass is 356 g/mol. The standard InChI is InChI=1S/C13H10ClFN4O3S/c1-2-5-23-12-10(16-22-18-12)11-17-21-13(20)19(11)7-3-4-9(15)8(14)6-7/h3-4,6H,2,5H2,1H3. The van der Waals surface area contributed by atoms with Crippen molar-refractivity contribution in [2.24, 2.45) is 0 Å². The molecule has 0 amide bonds. The maximum Gasteiger partial charge on any atom is 0.446 e. The molecule has 120 valence electrons. The predicted octanol–water partition coefficient (Wildman–Crippen LogP) is 3.17. The lowest BCUT2D eigenvalue weighted by molar-refractivity contribution is 0.299. The first-order chi connectivity index (χ1) is 11.1. The Balaban J connectivity index is 2.11. The SMILES string of the molecule is CCCSc1nonc1-c1noc(=O)n1-c1ccc(F)c(Cl)c1. The van der Waals surface area contributed by atoms with Crippen molar-refractivity contribution in [1.29, 1.82) is 0 Å². The first kappa shape index (κ1) is 15.8. The molecule has 10 heteroatoms. The molecule has 2 heterocycles. The van der Waals surface area contributed by atoms with Crippen LogP contribution in [0.2, 0.25) is 5.02 Å². The quantitative estimate of drug-likeness (QED) is 0.649. The summed E-state index contributed by atoms with van der Waals surface area (Å²) in [5.74, 6) is -0.440. The van der Waals surface area contributed by atoms with Gasteiger partial charge in [-0.1, -0.05) is 23.7 Å². The molecule has 0 aliphatic heterocycles. The van der Waals surface area contributed by atoms with Crippen LogP contribution in [0.15, 0.2) is 37.2 Å². The Labute approximate surface area is 138 Å². The van der Waals surface area contributed by atoms with Crippen molar-refractivity contribution >= 4 is 23.4 Å². The van der Waals surface area contributed by atoms with Crippen LogP contribution in [0.3, 0.4) is 0 Å². The van der Waals surface area contributed by atoms with Crippen LogP contribution in [0, 0.1) is 5.82 Å². The maximum atomic E-state index is 13.3. The van der Waals surface area contributed by atoms with Gasteiger partial charge >= 0.3 is 5.76 Å². The minimum atomic E-state index is -0.753. The van der Waals surface area contributed by atoms with Crippen LogP contribution in [0.25, 0.3) is 17.2 Å². The lowest BCUT2D eigenvalue weighted by Gasteiger charge is -2.04. The van der Waals surface area contributed by atoms with E-state index in [0.717, 1.165) is 22.8 Å². The van der Waals surface area contributed by atoms with E-state index < -0.39 is 11.6 Å². The van der Waals surface area contributed by atoms with Crippen LogP contribution < -0.4 is 5.76 Å². The molecule has 0 fully saturated rings. The molecular weight excluding hydrogens is 347 g/mol. The van der Waals surface area contributed by atoms with E-state index in [1.54, 1.807) is 0 Å². The molecule has 2 aromatic heterocycles. The number of rotatable bonds is 5. The summed E-state index contributed by atoms with van der Waals surface area (Å²) >= 11 is 7.18. The molecule has 0 saturated heterocycles. The molecule has 23 heavy (non-hydrogen) atoms. The number of hydrogen-bond acceptors (Lipinski definition) is 7. The Morgan fingerprint density at radius 3 is 2.91 bits per heavy atom. The smallest absolute Gasteiger partial charge is 0.295 e. The van der Waals surface area contributed by atoms with Gasteiger partial charge in [-0.05, 0) is 40.7 Å². The first-order valence-electron chi connectivity index (χ1n) is 6.61. The number of thioether (sulfide) groups is 1. The van der Waals surface area contributed by atoms with Crippen molar-refractivity contribution in [2.75, 3.05) is 5.75 Å². The number of aromatic nitrogens is 4. The Bertz CT molecular complexity index is 891. The van der Waals surface area contributed by atoms with Crippen LogP contribution >= 0.6 is 23.4 Å². The van der Waals surface area contributed by atoms with Gasteiger partial charge in [0.25, 0.3) is 0 Å². The fourth-order valence-corrected chi connectivity index (χ4v) is 2.79. The van der Waals surface area contributed by atoms with Crippen molar-refractivity contribution in [3.63, 3.8) is 0 Å². The third-order valence-electron chi connectivity index (χ3n) is 2.88. The largest absolute Gasteiger partial charge is 0.446 e. The first-order valence-corrected chi connectivity index (χ1v) is 7.98. The van der Waals surface area contributed by atoms with Crippen molar-refractivity contribution in [3.8, 4) is 17.2 Å². The van der Waals surface area contributed by atoms with Gasteiger partial charge in [-0.25, -0.2) is 18.4 Å². The summed E-state index contributed by atoms with van der Waals surface area (Å²) in [6.07, 6.45) is 0.927. The van der Waals surface area contributed by atoms with Gasteiger partial charge in [0.1, 0.15) is 5.82 Å². The molecule has 0 aliphatic rings. The van der Waals surface area contributed by atoms with Crippen LogP contribution in [0.1, 0.15) is 13.3 Å². The van der Waals surface area contributed by atoms with E-state index in [2.05, 4.69) is 15.5 Å². The highest BCUT2D eigenvalue weighted by atomic mass is 35.5. The molecule has 0 saturated carbocycles. The minimum absolute atomic E-state index is 0.109.